The van der Waals surface area contributed by atoms with E-state index in [2.05, 4.69) is 24.1 Å². The maximum atomic E-state index is 13.7. The number of amides is 1. The fraction of sp³-hybridized carbons (Fsp3) is 0.583. The third-order valence-corrected chi connectivity index (χ3v) is 8.47. The second-order valence-corrected chi connectivity index (χ2v) is 11.3. The number of alkyl halides is 3. The van der Waals surface area contributed by atoms with Crippen molar-refractivity contribution in [1.82, 2.24) is 15.2 Å². The molecule has 1 saturated carbocycles. The Morgan fingerprint density at radius 3 is 2.62 bits per heavy atom. The zero-order valence-electron chi connectivity index (χ0n) is 19.4. The van der Waals surface area contributed by atoms with E-state index in [1.165, 1.54) is 11.1 Å². The number of hydrogen-bond donors (Lipinski definition) is 1. The van der Waals surface area contributed by atoms with Gasteiger partial charge in [0.05, 0.1) is 15.3 Å². The topological polar surface area (TPSA) is 48.5 Å². The lowest BCUT2D eigenvalue weighted by Crippen LogP contribution is -2.54. The molecule has 2 aromatic rings. The van der Waals surface area contributed by atoms with E-state index in [-0.39, 0.29) is 17.9 Å². The molecule has 0 bridgehead atoms. The van der Waals surface area contributed by atoms with Crippen LogP contribution in [0.1, 0.15) is 43.6 Å². The van der Waals surface area contributed by atoms with Crippen LogP contribution in [0, 0.1) is 11.3 Å². The van der Waals surface area contributed by atoms with Crippen molar-refractivity contribution in [3.05, 3.63) is 45.2 Å². The monoisotopic (exact) mass is 514 g/mol. The first kappa shape index (κ1) is 25.3. The summed E-state index contributed by atoms with van der Waals surface area (Å²) < 4.78 is 40.0. The summed E-state index contributed by atoms with van der Waals surface area (Å²) in [6.45, 7) is 6.87. The van der Waals surface area contributed by atoms with E-state index in [4.69, 9.17) is 11.6 Å². The molecule has 5 nitrogen and oxygen atoms in total. The molecule has 0 unspecified atom stereocenters. The van der Waals surface area contributed by atoms with Crippen LogP contribution in [0.4, 0.5) is 19.0 Å². The number of thiophene rings is 1. The molecule has 0 aromatic carbocycles. The minimum Gasteiger partial charge on any atom is -0.353 e. The second-order valence-electron chi connectivity index (χ2n) is 9.52. The highest BCUT2D eigenvalue weighted by atomic mass is 35.5. The average Bonchev–Trinajstić information content (AvgIpc) is 3.44. The minimum atomic E-state index is -4.40. The highest BCUT2D eigenvalue weighted by Gasteiger charge is 2.49. The Balaban J connectivity index is 1.37. The number of aromatic nitrogens is 1. The molecule has 1 saturated heterocycles. The molecule has 2 aromatic heterocycles. The molecule has 0 radical (unpaired) electrons. The van der Waals surface area contributed by atoms with Crippen LogP contribution in [-0.2, 0) is 17.5 Å². The summed E-state index contributed by atoms with van der Waals surface area (Å²) in [5, 5.41) is 3.60. The number of carbonyl (C=O) groups excluding carboxylic acids is 1. The molecule has 1 aliphatic carbocycles. The van der Waals surface area contributed by atoms with Crippen LogP contribution in [0.5, 0.6) is 0 Å². The number of nitrogens with one attached hydrogen (secondary N) is 1. The highest BCUT2D eigenvalue weighted by Crippen LogP contribution is 2.46. The number of carbonyl (C=O) groups is 1. The Hall–Kier alpha value is -1.84. The molecule has 10 heteroatoms. The third-order valence-electron chi connectivity index (χ3n) is 7.24. The molecule has 4 rings (SSSR count). The Kier molecular flexibility index (Phi) is 7.45. The van der Waals surface area contributed by atoms with Gasteiger partial charge in [0, 0.05) is 49.8 Å². The largest absolute Gasteiger partial charge is 0.416 e. The Morgan fingerprint density at radius 1 is 1.26 bits per heavy atom. The number of anilines is 1. The van der Waals surface area contributed by atoms with Gasteiger partial charge in [-0.05, 0) is 49.4 Å². The van der Waals surface area contributed by atoms with Crippen LogP contribution in [-0.4, -0.2) is 48.0 Å². The maximum absolute atomic E-state index is 13.7. The first-order valence-electron chi connectivity index (χ1n) is 11.6. The third kappa shape index (κ3) is 5.36. The minimum absolute atomic E-state index is 0.169. The van der Waals surface area contributed by atoms with Crippen LogP contribution in [0.2, 0.25) is 4.34 Å². The molecular weight excluding hydrogens is 485 g/mol. The van der Waals surface area contributed by atoms with E-state index in [9.17, 15) is 18.0 Å². The lowest BCUT2D eigenvalue weighted by Gasteiger charge is -2.42. The first-order valence-corrected chi connectivity index (χ1v) is 12.8. The number of nitrogens with zero attached hydrogens (tertiary/aromatic N) is 3. The predicted molar refractivity (Wildman–Crippen MR) is 129 cm³/mol. The van der Waals surface area contributed by atoms with Crippen LogP contribution in [0.3, 0.4) is 0 Å². The van der Waals surface area contributed by atoms with E-state index in [1.54, 1.807) is 11.3 Å². The van der Waals surface area contributed by atoms with Crippen molar-refractivity contribution in [1.29, 1.82) is 0 Å². The van der Waals surface area contributed by atoms with Crippen LogP contribution in [0.15, 0.2) is 30.5 Å². The summed E-state index contributed by atoms with van der Waals surface area (Å²) in [7, 11) is 0. The van der Waals surface area contributed by atoms with Crippen LogP contribution < -0.4 is 10.2 Å². The Labute approximate surface area is 207 Å². The average molecular weight is 515 g/mol. The SMILES string of the molecule is CC(C)[C@]1(C(=O)N2CCN(c3cc(C(F)(F)F)ccn3)CC2)CC[C@@H](NCc2ccc(Cl)s2)C1. The van der Waals surface area contributed by atoms with Gasteiger partial charge in [-0.1, -0.05) is 25.4 Å². The van der Waals surface area contributed by atoms with Gasteiger partial charge < -0.3 is 15.1 Å². The first-order chi connectivity index (χ1) is 16.1. The van der Waals surface area contributed by atoms with Crippen molar-refractivity contribution < 1.29 is 18.0 Å². The fourth-order valence-electron chi connectivity index (χ4n) is 5.13. The smallest absolute Gasteiger partial charge is 0.353 e. The lowest BCUT2D eigenvalue weighted by molar-refractivity contribution is -0.145. The molecule has 2 atom stereocenters. The van der Waals surface area contributed by atoms with Gasteiger partial charge in [0.2, 0.25) is 5.91 Å². The van der Waals surface area contributed by atoms with Gasteiger partial charge >= 0.3 is 6.18 Å². The van der Waals surface area contributed by atoms with Gasteiger partial charge in [-0.25, -0.2) is 4.98 Å². The van der Waals surface area contributed by atoms with E-state index in [0.29, 0.717) is 32.0 Å². The van der Waals surface area contributed by atoms with Gasteiger partial charge in [0.1, 0.15) is 5.82 Å². The highest BCUT2D eigenvalue weighted by molar-refractivity contribution is 7.16. The summed E-state index contributed by atoms with van der Waals surface area (Å²) in [5.41, 5.74) is -1.12. The fourth-order valence-corrected chi connectivity index (χ4v) is 6.17. The predicted octanol–water partition coefficient (Wildman–Crippen LogP) is 5.45. The number of hydrogen-bond acceptors (Lipinski definition) is 5. The van der Waals surface area contributed by atoms with Crippen molar-refractivity contribution in [3.63, 3.8) is 0 Å². The van der Waals surface area contributed by atoms with Crippen molar-refractivity contribution in [3.8, 4) is 0 Å². The van der Waals surface area contributed by atoms with E-state index >= 15 is 0 Å². The van der Waals surface area contributed by atoms with Crippen LogP contribution >= 0.6 is 22.9 Å². The van der Waals surface area contributed by atoms with Crippen molar-refractivity contribution in [2.45, 2.75) is 51.9 Å². The standard InChI is InChI=1S/C24H30ClF3N4OS/c1-16(2)23(7-5-18(14-23)30-15-19-3-4-20(25)34-19)22(33)32-11-9-31(10-12-32)21-13-17(6-8-29-21)24(26,27)28/h3-4,6,8,13,16,18,30H,5,7,9-12,14-15H2,1-2H3/t18-,23+/m1/s1. The van der Waals surface area contributed by atoms with Crippen LogP contribution in [0.25, 0.3) is 0 Å². The van der Waals surface area contributed by atoms with Crippen molar-refractivity contribution in [2.75, 3.05) is 31.1 Å². The summed E-state index contributed by atoms with van der Waals surface area (Å²) in [6, 6.07) is 6.25. The molecule has 2 fully saturated rings. The van der Waals surface area contributed by atoms with Gasteiger partial charge in [0.15, 0.2) is 0 Å². The summed E-state index contributed by atoms with van der Waals surface area (Å²) in [4.78, 5) is 22.7. The molecule has 186 valence electrons. The van der Waals surface area contributed by atoms with Crippen molar-refractivity contribution in [2.24, 2.45) is 11.3 Å². The number of piperazine rings is 1. The Morgan fingerprint density at radius 2 is 2.00 bits per heavy atom. The molecule has 34 heavy (non-hydrogen) atoms. The second kappa shape index (κ2) is 10.0. The zero-order valence-corrected chi connectivity index (χ0v) is 20.9. The molecular formula is C24H30ClF3N4OS. The Bertz CT molecular complexity index is 1010. The number of pyridine rings is 1. The maximum Gasteiger partial charge on any atom is 0.416 e. The summed E-state index contributed by atoms with van der Waals surface area (Å²) in [6.07, 6.45) is -0.641. The van der Waals surface area contributed by atoms with E-state index in [0.717, 1.165) is 42.3 Å². The van der Waals surface area contributed by atoms with E-state index < -0.39 is 17.2 Å². The summed E-state index contributed by atoms with van der Waals surface area (Å²) >= 11 is 7.59. The normalized spacial score (nSPS) is 23.7. The molecule has 1 aliphatic heterocycles. The van der Waals surface area contributed by atoms with Gasteiger partial charge in [-0.3, -0.25) is 4.79 Å². The number of halogens is 4. The van der Waals surface area contributed by atoms with Crippen molar-refractivity contribution >= 4 is 34.7 Å². The molecule has 3 heterocycles. The molecule has 2 aliphatic rings. The van der Waals surface area contributed by atoms with Gasteiger partial charge in [-0.15, -0.1) is 11.3 Å². The molecule has 1 amide bonds. The van der Waals surface area contributed by atoms with E-state index in [1.807, 2.05) is 21.9 Å². The quantitative estimate of drug-likeness (QED) is 0.557. The molecule has 1 N–H and O–H groups in total. The molecule has 0 spiro atoms. The zero-order chi connectivity index (χ0) is 24.5. The summed E-state index contributed by atoms with van der Waals surface area (Å²) in [5.74, 6) is 0.674. The lowest BCUT2D eigenvalue weighted by atomic mass is 9.74. The number of rotatable bonds is 6. The van der Waals surface area contributed by atoms with Gasteiger partial charge in [-0.2, -0.15) is 13.2 Å². The van der Waals surface area contributed by atoms with Gasteiger partial charge in [0.25, 0.3) is 0 Å².